The number of hydrogen-bond acceptors (Lipinski definition) is 5. The van der Waals surface area contributed by atoms with Crippen molar-refractivity contribution in [2.24, 2.45) is 11.8 Å². The fourth-order valence-corrected chi connectivity index (χ4v) is 5.52. The number of fused-ring (bicyclic) bond motifs is 2. The van der Waals surface area contributed by atoms with E-state index in [2.05, 4.69) is 0 Å². The molecule has 6 nitrogen and oxygen atoms in total. The van der Waals surface area contributed by atoms with E-state index in [1.165, 1.54) is 11.3 Å². The van der Waals surface area contributed by atoms with E-state index < -0.39 is 0 Å². The second-order valence-electron chi connectivity index (χ2n) is 8.30. The number of carbonyl (C=O) groups excluding carboxylic acids is 3. The highest BCUT2D eigenvalue weighted by atomic mass is 32.1. The molecule has 2 aliphatic rings. The van der Waals surface area contributed by atoms with Gasteiger partial charge in [-0.15, -0.1) is 0 Å². The first-order chi connectivity index (χ1) is 15.5. The van der Waals surface area contributed by atoms with Crippen molar-refractivity contribution in [2.75, 3.05) is 11.4 Å². The van der Waals surface area contributed by atoms with Gasteiger partial charge in [-0.25, -0.2) is 4.98 Å². The third-order valence-corrected chi connectivity index (χ3v) is 7.26. The molecule has 2 unspecified atom stereocenters. The second-order valence-corrected chi connectivity index (χ2v) is 9.31. The quantitative estimate of drug-likeness (QED) is 0.438. The van der Waals surface area contributed by atoms with Crippen LogP contribution in [0.3, 0.4) is 0 Å². The summed E-state index contributed by atoms with van der Waals surface area (Å²) in [5.74, 6) is -1.46. The Morgan fingerprint density at radius 1 is 1.03 bits per heavy atom. The Morgan fingerprint density at radius 3 is 2.38 bits per heavy atom. The fraction of sp³-hybridized carbons (Fsp3) is 0.280. The van der Waals surface area contributed by atoms with E-state index in [9.17, 15) is 14.4 Å². The third kappa shape index (κ3) is 3.62. The number of anilines is 1. The molecule has 3 amide bonds. The average molecular weight is 446 g/mol. The minimum absolute atomic E-state index is 0.238. The summed E-state index contributed by atoms with van der Waals surface area (Å²) in [6, 6.07) is 15.6. The zero-order chi connectivity index (χ0) is 22.2. The van der Waals surface area contributed by atoms with E-state index >= 15 is 0 Å². The number of benzene rings is 2. The highest BCUT2D eigenvalue weighted by molar-refractivity contribution is 7.22. The molecule has 1 aliphatic carbocycles. The molecule has 0 radical (unpaired) electrons. The first-order valence-corrected chi connectivity index (χ1v) is 11.6. The standard InChI is InChI=1S/C25H23N3O3S/c1-16-8-7-13-20-22(16)26-25(32-20)27(14-17-9-3-2-4-10-17)21(29)15-28-23(30)18-11-5-6-12-19(18)24(28)31/h2-10,13,18-19H,11-12,14-15H2,1H3. The van der Waals surface area contributed by atoms with E-state index in [1.807, 2.05) is 67.6 Å². The number of aromatic nitrogens is 1. The lowest BCUT2D eigenvalue weighted by atomic mass is 9.85. The van der Waals surface area contributed by atoms with Gasteiger partial charge < -0.3 is 0 Å². The topological polar surface area (TPSA) is 70.6 Å². The van der Waals surface area contributed by atoms with Crippen LogP contribution in [-0.4, -0.2) is 34.2 Å². The Kier molecular flexibility index (Phi) is 5.35. The SMILES string of the molecule is Cc1cccc2sc(N(Cc3ccccc3)C(=O)CN3C(=O)C4CC=CCC4C3=O)nc12. The van der Waals surface area contributed by atoms with Gasteiger partial charge in [0.1, 0.15) is 6.54 Å². The highest BCUT2D eigenvalue weighted by Crippen LogP contribution is 2.36. The third-order valence-electron chi connectivity index (χ3n) is 6.22. The molecule has 0 N–H and O–H groups in total. The van der Waals surface area contributed by atoms with Crippen LogP contribution in [0.25, 0.3) is 10.2 Å². The number of para-hydroxylation sites is 1. The number of thiazole rings is 1. The molecule has 1 aliphatic heterocycles. The van der Waals surface area contributed by atoms with Crippen molar-refractivity contribution in [3.8, 4) is 0 Å². The Balaban J connectivity index is 1.46. The lowest BCUT2D eigenvalue weighted by Crippen LogP contribution is -2.43. The van der Waals surface area contributed by atoms with Crippen LogP contribution in [0, 0.1) is 18.8 Å². The minimum Gasteiger partial charge on any atom is -0.282 e. The van der Waals surface area contributed by atoms with Crippen molar-refractivity contribution in [1.29, 1.82) is 0 Å². The van der Waals surface area contributed by atoms with Crippen LogP contribution >= 0.6 is 11.3 Å². The van der Waals surface area contributed by atoms with E-state index in [-0.39, 0.29) is 36.1 Å². The summed E-state index contributed by atoms with van der Waals surface area (Å²) in [4.78, 5) is 46.7. The van der Waals surface area contributed by atoms with Crippen molar-refractivity contribution >= 4 is 44.4 Å². The minimum atomic E-state index is -0.340. The van der Waals surface area contributed by atoms with E-state index in [0.29, 0.717) is 24.5 Å². The van der Waals surface area contributed by atoms with Gasteiger partial charge in [0.25, 0.3) is 0 Å². The molecule has 2 atom stereocenters. The van der Waals surface area contributed by atoms with Gasteiger partial charge in [0.05, 0.1) is 28.6 Å². The summed E-state index contributed by atoms with van der Waals surface area (Å²) in [6.45, 7) is 2.06. The molecule has 2 aromatic carbocycles. The number of nitrogens with zero attached hydrogens (tertiary/aromatic N) is 3. The number of imide groups is 1. The molecule has 1 aromatic heterocycles. The number of hydrogen-bond donors (Lipinski definition) is 0. The highest BCUT2D eigenvalue weighted by Gasteiger charge is 2.48. The molecule has 1 saturated heterocycles. The average Bonchev–Trinajstić information content (AvgIpc) is 3.35. The van der Waals surface area contributed by atoms with Crippen molar-refractivity contribution in [2.45, 2.75) is 26.3 Å². The van der Waals surface area contributed by atoms with Gasteiger partial charge in [-0.2, -0.15) is 0 Å². The van der Waals surface area contributed by atoms with Gasteiger partial charge >= 0.3 is 0 Å². The van der Waals surface area contributed by atoms with Crippen molar-refractivity contribution in [1.82, 2.24) is 9.88 Å². The summed E-state index contributed by atoms with van der Waals surface area (Å²) < 4.78 is 0.997. The summed E-state index contributed by atoms with van der Waals surface area (Å²) in [7, 11) is 0. The van der Waals surface area contributed by atoms with Crippen LogP contribution in [-0.2, 0) is 20.9 Å². The van der Waals surface area contributed by atoms with Gasteiger partial charge in [-0.3, -0.25) is 24.2 Å². The maximum atomic E-state index is 13.5. The van der Waals surface area contributed by atoms with Gasteiger partial charge in [0.2, 0.25) is 17.7 Å². The van der Waals surface area contributed by atoms with Gasteiger partial charge in [-0.1, -0.05) is 66.0 Å². The molecule has 7 heteroatoms. The zero-order valence-electron chi connectivity index (χ0n) is 17.7. The van der Waals surface area contributed by atoms with Crippen LogP contribution in [0.5, 0.6) is 0 Å². The lowest BCUT2D eigenvalue weighted by molar-refractivity contribution is -0.143. The smallest absolute Gasteiger partial charge is 0.249 e. The normalized spacial score (nSPS) is 20.1. The Morgan fingerprint density at radius 2 is 1.72 bits per heavy atom. The number of rotatable bonds is 5. The predicted octanol–water partition coefficient (Wildman–Crippen LogP) is 4.09. The van der Waals surface area contributed by atoms with E-state index in [1.54, 1.807) is 4.90 Å². The molecule has 32 heavy (non-hydrogen) atoms. The van der Waals surface area contributed by atoms with Crippen molar-refractivity contribution in [3.05, 3.63) is 71.8 Å². The van der Waals surface area contributed by atoms with E-state index in [0.717, 1.165) is 26.2 Å². The van der Waals surface area contributed by atoms with Crippen LogP contribution in [0.15, 0.2) is 60.7 Å². The number of carbonyl (C=O) groups is 3. The Labute approximate surface area is 190 Å². The largest absolute Gasteiger partial charge is 0.282 e. The number of aryl methyl sites for hydroxylation is 1. The number of likely N-dealkylation sites (tertiary alicyclic amines) is 1. The molecule has 0 saturated carbocycles. The molecule has 5 rings (SSSR count). The lowest BCUT2D eigenvalue weighted by Gasteiger charge is -2.23. The second kappa shape index (κ2) is 8.31. The predicted molar refractivity (Wildman–Crippen MR) is 124 cm³/mol. The number of allylic oxidation sites excluding steroid dienone is 2. The first kappa shape index (κ1) is 20.6. The molecule has 1 fully saturated rings. The van der Waals surface area contributed by atoms with Gasteiger partial charge in [0, 0.05) is 0 Å². The van der Waals surface area contributed by atoms with Gasteiger partial charge in [0.15, 0.2) is 5.13 Å². The Hall–Kier alpha value is -3.32. The Bertz CT molecular complexity index is 1210. The number of amides is 3. The molecule has 0 spiro atoms. The van der Waals surface area contributed by atoms with Crippen LogP contribution in [0.2, 0.25) is 0 Å². The van der Waals surface area contributed by atoms with Crippen LogP contribution in [0.4, 0.5) is 5.13 Å². The summed E-state index contributed by atoms with van der Waals surface area (Å²) in [6.07, 6.45) is 5.02. The maximum Gasteiger partial charge on any atom is 0.249 e. The molecular formula is C25H23N3O3S. The van der Waals surface area contributed by atoms with E-state index in [4.69, 9.17) is 4.98 Å². The molecular weight excluding hydrogens is 422 g/mol. The molecule has 2 heterocycles. The maximum absolute atomic E-state index is 13.5. The van der Waals surface area contributed by atoms with Crippen LogP contribution < -0.4 is 4.90 Å². The summed E-state index contributed by atoms with van der Waals surface area (Å²) in [5.41, 5.74) is 2.86. The first-order valence-electron chi connectivity index (χ1n) is 10.7. The van der Waals surface area contributed by atoms with Crippen LogP contribution in [0.1, 0.15) is 24.0 Å². The molecule has 3 aromatic rings. The monoisotopic (exact) mass is 445 g/mol. The van der Waals surface area contributed by atoms with Gasteiger partial charge in [-0.05, 0) is 37.0 Å². The fourth-order valence-electron chi connectivity index (χ4n) is 4.46. The van der Waals surface area contributed by atoms with Crippen molar-refractivity contribution in [3.63, 3.8) is 0 Å². The zero-order valence-corrected chi connectivity index (χ0v) is 18.5. The molecule has 162 valence electrons. The molecule has 0 bridgehead atoms. The van der Waals surface area contributed by atoms with Crippen molar-refractivity contribution < 1.29 is 14.4 Å². The summed E-state index contributed by atoms with van der Waals surface area (Å²) >= 11 is 1.44. The summed E-state index contributed by atoms with van der Waals surface area (Å²) in [5, 5.41) is 0.571.